The topological polar surface area (TPSA) is 75.0 Å². The number of aromatic nitrogens is 1. The Morgan fingerprint density at radius 3 is 2.63 bits per heavy atom. The summed E-state index contributed by atoms with van der Waals surface area (Å²) in [4.78, 5) is 19.7. The molecule has 2 aromatic heterocycles. The first-order chi connectivity index (χ1) is 17.2. The lowest BCUT2D eigenvalue weighted by atomic mass is 9.97. The van der Waals surface area contributed by atoms with E-state index < -0.39 is 0 Å². The first-order valence-corrected chi connectivity index (χ1v) is 13.0. The second kappa shape index (κ2) is 10.3. The Morgan fingerprint density at radius 1 is 1.09 bits per heavy atom. The number of pyridine rings is 1. The standard InChI is InChI=1S/C29H27N3O2S/c1-2-34-20-15-13-19(14-16-20)26-17-23(21-9-7-8-11-25(21)31-26)28(33)32-29-24(18-30)22-10-5-3-4-6-12-27(22)35-29/h7-9,11,13-17H,2-6,10,12H2,1H3,(H,32,33). The van der Waals surface area contributed by atoms with Gasteiger partial charge in [0.1, 0.15) is 16.8 Å². The van der Waals surface area contributed by atoms with Crippen LogP contribution in [0.4, 0.5) is 5.00 Å². The number of fused-ring (bicyclic) bond motifs is 2. The van der Waals surface area contributed by atoms with Crippen molar-refractivity contribution in [1.29, 1.82) is 5.26 Å². The molecule has 0 aliphatic heterocycles. The van der Waals surface area contributed by atoms with E-state index in [2.05, 4.69) is 11.4 Å². The largest absolute Gasteiger partial charge is 0.494 e. The summed E-state index contributed by atoms with van der Waals surface area (Å²) < 4.78 is 5.56. The normalized spacial score (nSPS) is 13.4. The molecule has 0 unspecified atom stereocenters. The lowest BCUT2D eigenvalue weighted by Crippen LogP contribution is -2.13. The number of thiophene rings is 1. The third kappa shape index (κ3) is 4.78. The zero-order valence-electron chi connectivity index (χ0n) is 19.8. The predicted octanol–water partition coefficient (Wildman–Crippen LogP) is 7.14. The van der Waals surface area contributed by atoms with Crippen LogP contribution < -0.4 is 10.1 Å². The molecule has 2 heterocycles. The van der Waals surface area contributed by atoms with Crippen LogP contribution >= 0.6 is 11.3 Å². The number of carbonyl (C=O) groups excluding carboxylic acids is 1. The summed E-state index contributed by atoms with van der Waals surface area (Å²) >= 11 is 1.56. The van der Waals surface area contributed by atoms with Crippen LogP contribution in [0.25, 0.3) is 22.2 Å². The van der Waals surface area contributed by atoms with E-state index in [4.69, 9.17) is 9.72 Å². The van der Waals surface area contributed by atoms with Crippen molar-refractivity contribution in [3.8, 4) is 23.1 Å². The van der Waals surface area contributed by atoms with Gasteiger partial charge in [0.2, 0.25) is 0 Å². The van der Waals surface area contributed by atoms with Crippen molar-refractivity contribution in [3.63, 3.8) is 0 Å². The van der Waals surface area contributed by atoms with Crippen LogP contribution in [0.2, 0.25) is 0 Å². The fourth-order valence-corrected chi connectivity index (χ4v) is 5.93. The van der Waals surface area contributed by atoms with E-state index in [1.165, 1.54) is 17.7 Å². The van der Waals surface area contributed by atoms with Gasteiger partial charge >= 0.3 is 0 Å². The van der Waals surface area contributed by atoms with Gasteiger partial charge in [0.05, 0.1) is 28.9 Å². The molecule has 35 heavy (non-hydrogen) atoms. The highest BCUT2D eigenvalue weighted by molar-refractivity contribution is 7.16. The highest BCUT2D eigenvalue weighted by atomic mass is 32.1. The number of rotatable bonds is 5. The van der Waals surface area contributed by atoms with Gasteiger partial charge < -0.3 is 10.1 Å². The van der Waals surface area contributed by atoms with Gasteiger partial charge in [0.15, 0.2) is 0 Å². The Balaban J connectivity index is 1.53. The highest BCUT2D eigenvalue weighted by Gasteiger charge is 2.22. The lowest BCUT2D eigenvalue weighted by molar-refractivity contribution is 0.102. The minimum absolute atomic E-state index is 0.221. The van der Waals surface area contributed by atoms with E-state index in [1.54, 1.807) is 11.3 Å². The molecule has 5 rings (SSSR count). The summed E-state index contributed by atoms with van der Waals surface area (Å²) in [5, 5.41) is 14.4. The zero-order valence-corrected chi connectivity index (χ0v) is 20.6. The Labute approximate surface area is 209 Å². The SMILES string of the molecule is CCOc1ccc(-c2cc(C(=O)Nc3sc4c(c3C#N)CCCCCC4)c3ccccc3n2)cc1. The number of carbonyl (C=O) groups is 1. The summed E-state index contributed by atoms with van der Waals surface area (Å²) in [6.07, 6.45) is 6.52. The molecule has 2 aromatic carbocycles. The molecule has 0 radical (unpaired) electrons. The van der Waals surface area contributed by atoms with Crippen LogP contribution in [0.15, 0.2) is 54.6 Å². The number of aryl methyl sites for hydroxylation is 1. The van der Waals surface area contributed by atoms with E-state index in [-0.39, 0.29) is 5.91 Å². The summed E-state index contributed by atoms with van der Waals surface area (Å²) in [6, 6.07) is 19.6. The van der Waals surface area contributed by atoms with E-state index >= 15 is 0 Å². The minimum Gasteiger partial charge on any atom is -0.494 e. The number of nitrogens with one attached hydrogen (secondary N) is 1. The van der Waals surface area contributed by atoms with E-state index in [1.807, 2.05) is 61.5 Å². The highest BCUT2D eigenvalue weighted by Crippen LogP contribution is 2.37. The number of ether oxygens (including phenoxy) is 1. The van der Waals surface area contributed by atoms with Crippen molar-refractivity contribution in [2.45, 2.75) is 45.4 Å². The molecule has 176 valence electrons. The first kappa shape index (κ1) is 23.1. The van der Waals surface area contributed by atoms with Crippen molar-refractivity contribution in [2.75, 3.05) is 11.9 Å². The maximum Gasteiger partial charge on any atom is 0.257 e. The molecule has 6 heteroatoms. The monoisotopic (exact) mass is 481 g/mol. The predicted molar refractivity (Wildman–Crippen MR) is 141 cm³/mol. The van der Waals surface area contributed by atoms with Crippen molar-refractivity contribution >= 4 is 33.1 Å². The van der Waals surface area contributed by atoms with Crippen molar-refractivity contribution in [1.82, 2.24) is 4.98 Å². The number of amides is 1. The van der Waals surface area contributed by atoms with Gasteiger partial charge in [-0.2, -0.15) is 5.26 Å². The molecule has 1 amide bonds. The maximum absolute atomic E-state index is 13.6. The third-order valence-electron chi connectivity index (χ3n) is 6.43. The third-order valence-corrected chi connectivity index (χ3v) is 7.64. The molecule has 0 spiro atoms. The van der Waals surface area contributed by atoms with E-state index in [0.29, 0.717) is 22.7 Å². The van der Waals surface area contributed by atoms with E-state index in [0.717, 1.165) is 59.2 Å². The van der Waals surface area contributed by atoms with Crippen LogP contribution in [0.1, 0.15) is 59.0 Å². The zero-order chi connectivity index (χ0) is 24.2. The number of hydrogen-bond acceptors (Lipinski definition) is 5. The number of hydrogen-bond donors (Lipinski definition) is 1. The van der Waals surface area contributed by atoms with Crippen LogP contribution in [0.5, 0.6) is 5.75 Å². The minimum atomic E-state index is -0.221. The molecule has 4 aromatic rings. The molecule has 1 aliphatic carbocycles. The number of benzene rings is 2. The van der Waals surface area contributed by atoms with Crippen molar-refractivity contribution < 1.29 is 9.53 Å². The average molecular weight is 482 g/mol. The Kier molecular flexibility index (Phi) is 6.78. The van der Waals surface area contributed by atoms with Crippen molar-refractivity contribution in [2.24, 2.45) is 0 Å². The van der Waals surface area contributed by atoms with Crippen LogP contribution in [-0.4, -0.2) is 17.5 Å². The summed E-state index contributed by atoms with van der Waals surface area (Å²) in [6.45, 7) is 2.56. The smallest absolute Gasteiger partial charge is 0.257 e. The van der Waals surface area contributed by atoms with Gasteiger partial charge in [-0.1, -0.05) is 31.0 Å². The summed E-state index contributed by atoms with van der Waals surface area (Å²) in [5.41, 5.74) is 4.68. The molecule has 0 fully saturated rings. The van der Waals surface area contributed by atoms with Gasteiger partial charge in [-0.15, -0.1) is 11.3 Å². The van der Waals surface area contributed by atoms with E-state index in [9.17, 15) is 10.1 Å². The number of nitriles is 1. The number of para-hydroxylation sites is 1. The van der Waals surface area contributed by atoms with Crippen LogP contribution in [0.3, 0.4) is 0 Å². The first-order valence-electron chi connectivity index (χ1n) is 12.2. The van der Waals surface area contributed by atoms with Gasteiger partial charge in [-0.3, -0.25) is 4.79 Å². The second-order valence-corrected chi connectivity index (χ2v) is 9.82. The Bertz CT molecular complexity index is 1420. The molecule has 0 bridgehead atoms. The number of anilines is 1. The fourth-order valence-electron chi connectivity index (χ4n) is 4.70. The molecule has 0 saturated heterocycles. The summed E-state index contributed by atoms with van der Waals surface area (Å²) in [5.74, 6) is 0.578. The maximum atomic E-state index is 13.6. The summed E-state index contributed by atoms with van der Waals surface area (Å²) in [7, 11) is 0. The van der Waals surface area contributed by atoms with Crippen molar-refractivity contribution in [3.05, 3.63) is 76.2 Å². The van der Waals surface area contributed by atoms with Gasteiger partial charge in [0, 0.05) is 15.8 Å². The van der Waals surface area contributed by atoms with Crippen LogP contribution in [-0.2, 0) is 12.8 Å². The molecular formula is C29H27N3O2S. The number of nitrogens with zero attached hydrogens (tertiary/aromatic N) is 2. The molecule has 0 saturated carbocycles. The van der Waals surface area contributed by atoms with Gasteiger partial charge in [-0.05, 0) is 74.6 Å². The quantitative estimate of drug-likeness (QED) is 0.329. The fraction of sp³-hybridized carbons (Fsp3) is 0.276. The van der Waals surface area contributed by atoms with Crippen LogP contribution in [0, 0.1) is 11.3 Å². The molecular weight excluding hydrogens is 454 g/mol. The lowest BCUT2D eigenvalue weighted by Gasteiger charge is -2.11. The van der Waals surface area contributed by atoms with Gasteiger partial charge in [-0.25, -0.2) is 4.98 Å². The molecule has 0 atom stereocenters. The Hall–Kier alpha value is -3.69. The molecule has 1 aliphatic rings. The molecule has 5 nitrogen and oxygen atoms in total. The van der Waals surface area contributed by atoms with Gasteiger partial charge in [0.25, 0.3) is 5.91 Å². The average Bonchev–Trinajstić information content (AvgIpc) is 3.18. The molecule has 1 N–H and O–H groups in total. The Morgan fingerprint density at radius 2 is 1.86 bits per heavy atom. The second-order valence-electron chi connectivity index (χ2n) is 8.72.